The molecule has 1 fully saturated rings. The second-order valence-corrected chi connectivity index (χ2v) is 5.34. The third kappa shape index (κ3) is 3.84. The van der Waals surface area contributed by atoms with Crippen LogP contribution >= 0.6 is 0 Å². The summed E-state index contributed by atoms with van der Waals surface area (Å²) in [6.45, 7) is 4.32. The van der Waals surface area contributed by atoms with Gasteiger partial charge in [0, 0.05) is 12.5 Å². The molecule has 6 heteroatoms. The number of carbonyl (C=O) groups is 1. The summed E-state index contributed by atoms with van der Waals surface area (Å²) in [5.74, 6) is -0.852. The molecule has 0 radical (unpaired) electrons. The molecule has 3 nitrogen and oxygen atoms in total. The Morgan fingerprint density at radius 3 is 2.58 bits per heavy atom. The highest BCUT2D eigenvalue weighted by Gasteiger charge is 2.47. The van der Waals surface area contributed by atoms with E-state index in [1.54, 1.807) is 0 Å². The lowest BCUT2D eigenvalue weighted by atomic mass is 9.91. The molecule has 0 bridgehead atoms. The van der Waals surface area contributed by atoms with Crippen molar-refractivity contribution in [3.63, 3.8) is 0 Å². The van der Waals surface area contributed by atoms with Gasteiger partial charge >= 0.3 is 12.1 Å². The molecule has 2 unspecified atom stereocenters. The molecule has 0 spiro atoms. The summed E-state index contributed by atoms with van der Waals surface area (Å²) in [6.07, 6.45) is -2.61. The third-order valence-corrected chi connectivity index (χ3v) is 4.14. The average Bonchev–Trinajstić information content (AvgIpc) is 2.71. The summed E-state index contributed by atoms with van der Waals surface area (Å²) in [5.41, 5.74) is -0.877. The van der Waals surface area contributed by atoms with Crippen molar-refractivity contribution in [3.8, 4) is 0 Å². The van der Waals surface area contributed by atoms with E-state index in [1.165, 1.54) is 0 Å². The van der Waals surface area contributed by atoms with Gasteiger partial charge in [0.1, 0.15) is 5.54 Å². The number of hydrogen-bond donors (Lipinski definition) is 1. The average molecular weight is 281 g/mol. The van der Waals surface area contributed by atoms with E-state index in [9.17, 15) is 23.1 Å². The summed E-state index contributed by atoms with van der Waals surface area (Å²) in [7, 11) is 0. The Labute approximate surface area is 111 Å². The van der Waals surface area contributed by atoms with Crippen molar-refractivity contribution in [2.45, 2.75) is 70.1 Å². The molecule has 0 aliphatic carbocycles. The van der Waals surface area contributed by atoms with Gasteiger partial charge in [0.25, 0.3) is 0 Å². The maximum absolute atomic E-state index is 12.1. The Bertz CT molecular complexity index is 320. The number of alkyl halides is 3. The Balaban J connectivity index is 2.60. The highest BCUT2D eigenvalue weighted by atomic mass is 19.4. The van der Waals surface area contributed by atoms with E-state index in [0.717, 1.165) is 6.42 Å². The zero-order chi connectivity index (χ0) is 14.7. The van der Waals surface area contributed by atoms with Gasteiger partial charge in [-0.2, -0.15) is 13.2 Å². The highest BCUT2D eigenvalue weighted by Crippen LogP contribution is 2.36. The molecule has 1 heterocycles. The maximum Gasteiger partial charge on any atom is 0.389 e. The van der Waals surface area contributed by atoms with Crippen molar-refractivity contribution in [2.75, 3.05) is 6.54 Å². The van der Waals surface area contributed by atoms with Crippen molar-refractivity contribution in [2.24, 2.45) is 0 Å². The summed E-state index contributed by atoms with van der Waals surface area (Å²) in [6, 6.07) is -0.124. The van der Waals surface area contributed by atoms with Crippen molar-refractivity contribution in [3.05, 3.63) is 0 Å². The van der Waals surface area contributed by atoms with Gasteiger partial charge in [-0.15, -0.1) is 0 Å². The Morgan fingerprint density at radius 1 is 1.47 bits per heavy atom. The molecule has 1 rings (SSSR count). The molecule has 1 saturated heterocycles. The molecule has 1 aliphatic rings. The van der Waals surface area contributed by atoms with Crippen molar-refractivity contribution >= 4 is 5.97 Å². The van der Waals surface area contributed by atoms with E-state index < -0.39 is 24.1 Å². The number of halogens is 3. The smallest absolute Gasteiger partial charge is 0.389 e. The van der Waals surface area contributed by atoms with E-state index in [2.05, 4.69) is 0 Å². The second-order valence-electron chi connectivity index (χ2n) is 5.34. The van der Waals surface area contributed by atoms with Gasteiger partial charge in [0.05, 0.1) is 0 Å². The van der Waals surface area contributed by atoms with E-state index in [0.29, 0.717) is 25.8 Å². The topological polar surface area (TPSA) is 40.5 Å². The largest absolute Gasteiger partial charge is 0.480 e. The monoisotopic (exact) mass is 281 g/mol. The number of rotatable bonds is 6. The number of carboxylic acids is 1. The van der Waals surface area contributed by atoms with Gasteiger partial charge < -0.3 is 5.11 Å². The number of hydrogen-bond acceptors (Lipinski definition) is 2. The van der Waals surface area contributed by atoms with Crippen LogP contribution in [0, 0.1) is 0 Å². The number of aliphatic carboxylic acids is 1. The number of likely N-dealkylation sites (tertiary alicyclic amines) is 1. The van der Waals surface area contributed by atoms with Crippen LogP contribution in [-0.4, -0.2) is 40.3 Å². The van der Waals surface area contributed by atoms with Gasteiger partial charge in [-0.3, -0.25) is 9.69 Å². The molecule has 19 heavy (non-hydrogen) atoms. The fraction of sp³-hybridized carbons (Fsp3) is 0.923. The van der Waals surface area contributed by atoms with E-state index in [1.807, 2.05) is 18.7 Å². The molecular weight excluding hydrogens is 259 g/mol. The van der Waals surface area contributed by atoms with Gasteiger partial charge in [-0.1, -0.05) is 6.92 Å². The van der Waals surface area contributed by atoms with Crippen molar-refractivity contribution < 1.29 is 23.1 Å². The van der Waals surface area contributed by atoms with Crippen LogP contribution in [-0.2, 0) is 4.79 Å². The van der Waals surface area contributed by atoms with Gasteiger partial charge in [-0.05, 0) is 45.6 Å². The summed E-state index contributed by atoms with van der Waals surface area (Å²) < 4.78 is 36.4. The predicted molar refractivity (Wildman–Crippen MR) is 66.0 cm³/mol. The lowest BCUT2D eigenvalue weighted by Crippen LogP contribution is -2.53. The van der Waals surface area contributed by atoms with Crippen LogP contribution < -0.4 is 0 Å². The Kier molecular flexibility index (Phi) is 5.24. The van der Waals surface area contributed by atoms with E-state index >= 15 is 0 Å². The van der Waals surface area contributed by atoms with Gasteiger partial charge in [-0.25, -0.2) is 0 Å². The normalized spacial score (nSPS) is 26.6. The summed E-state index contributed by atoms with van der Waals surface area (Å²) in [4.78, 5) is 13.4. The van der Waals surface area contributed by atoms with Crippen LogP contribution in [0.4, 0.5) is 13.2 Å². The standard InChI is InChI=1S/C13H22F3NO2/c1-3-12(11(18)19)7-5-9-17(12)10(2)6-4-8-13(14,15)16/h10H,3-9H2,1-2H3,(H,18,19). The van der Waals surface area contributed by atoms with Crippen LogP contribution in [0.5, 0.6) is 0 Å². The first kappa shape index (κ1) is 16.3. The highest BCUT2D eigenvalue weighted by molar-refractivity contribution is 5.79. The van der Waals surface area contributed by atoms with Crippen LogP contribution in [0.1, 0.15) is 52.4 Å². The molecular formula is C13H22F3NO2. The van der Waals surface area contributed by atoms with Crippen molar-refractivity contribution in [1.29, 1.82) is 0 Å². The first-order valence-corrected chi connectivity index (χ1v) is 6.80. The maximum atomic E-state index is 12.1. The van der Waals surface area contributed by atoms with E-state index in [4.69, 9.17) is 0 Å². The minimum Gasteiger partial charge on any atom is -0.480 e. The quantitative estimate of drug-likeness (QED) is 0.810. The molecule has 1 aliphatic heterocycles. The minimum atomic E-state index is -4.13. The minimum absolute atomic E-state index is 0.0561. The van der Waals surface area contributed by atoms with Crippen molar-refractivity contribution in [1.82, 2.24) is 4.90 Å². The van der Waals surface area contributed by atoms with Crippen LogP contribution in [0.25, 0.3) is 0 Å². The predicted octanol–water partition coefficient (Wildman–Crippen LogP) is 3.44. The SMILES string of the molecule is CCC1(C(=O)O)CCCN1C(C)CCCC(F)(F)F. The first-order chi connectivity index (χ1) is 8.73. The molecule has 0 saturated carbocycles. The van der Waals surface area contributed by atoms with E-state index in [-0.39, 0.29) is 12.5 Å². The number of carboxylic acid groups (broad SMARTS) is 1. The van der Waals surface area contributed by atoms with Gasteiger partial charge in [0.2, 0.25) is 0 Å². The molecule has 0 aromatic carbocycles. The zero-order valence-corrected chi connectivity index (χ0v) is 11.5. The fourth-order valence-corrected chi connectivity index (χ4v) is 3.06. The number of nitrogens with zero attached hydrogens (tertiary/aromatic N) is 1. The lowest BCUT2D eigenvalue weighted by Gasteiger charge is -2.38. The molecule has 2 atom stereocenters. The summed E-state index contributed by atoms with van der Waals surface area (Å²) in [5, 5.41) is 9.42. The summed E-state index contributed by atoms with van der Waals surface area (Å²) >= 11 is 0. The lowest BCUT2D eigenvalue weighted by molar-refractivity contribution is -0.152. The fourth-order valence-electron chi connectivity index (χ4n) is 3.06. The molecule has 1 N–H and O–H groups in total. The first-order valence-electron chi connectivity index (χ1n) is 6.80. The molecule has 0 aromatic rings. The zero-order valence-electron chi connectivity index (χ0n) is 11.5. The Hall–Kier alpha value is -0.780. The van der Waals surface area contributed by atoms with Gasteiger partial charge in [0.15, 0.2) is 0 Å². The Morgan fingerprint density at radius 2 is 2.11 bits per heavy atom. The van der Waals surface area contributed by atoms with Crippen LogP contribution in [0.15, 0.2) is 0 Å². The molecule has 0 aromatic heterocycles. The molecule has 112 valence electrons. The third-order valence-electron chi connectivity index (χ3n) is 4.14. The van der Waals surface area contributed by atoms with Crippen LogP contribution in [0.2, 0.25) is 0 Å². The second kappa shape index (κ2) is 6.11. The molecule has 0 amide bonds. The van der Waals surface area contributed by atoms with Crippen LogP contribution in [0.3, 0.4) is 0 Å².